The number of nitrogens with zero attached hydrogens (tertiary/aromatic N) is 4. The van der Waals surface area contributed by atoms with Crippen molar-refractivity contribution in [2.45, 2.75) is 12.3 Å². The summed E-state index contributed by atoms with van der Waals surface area (Å²) in [6.07, 6.45) is -4.11. The van der Waals surface area contributed by atoms with Gasteiger partial charge >= 0.3 is 6.18 Å². The lowest BCUT2D eigenvalue weighted by Gasteiger charge is -2.38. The van der Waals surface area contributed by atoms with E-state index in [1.54, 1.807) is 17.0 Å². The molecule has 1 aliphatic heterocycles. The van der Waals surface area contributed by atoms with Crippen molar-refractivity contribution in [2.75, 3.05) is 31.1 Å². The Morgan fingerprint density at radius 1 is 1.12 bits per heavy atom. The number of anilines is 1. The van der Waals surface area contributed by atoms with Crippen LogP contribution in [-0.2, 0) is 11.0 Å². The maximum Gasteiger partial charge on any atom is 0.436 e. The average Bonchev–Trinajstić information content (AvgIpc) is 2.99. The maximum atomic E-state index is 13.0. The zero-order chi connectivity index (χ0) is 18.9. The van der Waals surface area contributed by atoms with Crippen LogP contribution in [0.15, 0.2) is 30.5 Å². The Bertz CT molecular complexity index is 770. The smallest absolute Gasteiger partial charge is 0.369 e. The molecular weight excluding hydrogens is 376 g/mol. The zero-order valence-electron chi connectivity index (χ0n) is 13.5. The minimum absolute atomic E-state index is 0.329. The van der Waals surface area contributed by atoms with Crippen LogP contribution in [0.4, 0.5) is 23.2 Å². The number of aromatic nitrogens is 2. The maximum absolute atomic E-state index is 13.0. The minimum Gasteiger partial charge on any atom is -0.369 e. The number of hydrogen-bond donors (Lipinski definition) is 0. The summed E-state index contributed by atoms with van der Waals surface area (Å²) in [4.78, 5) is 15.2. The van der Waals surface area contributed by atoms with Crippen molar-refractivity contribution in [3.63, 3.8) is 0 Å². The summed E-state index contributed by atoms with van der Waals surface area (Å²) in [6.45, 7) is 1.94. The van der Waals surface area contributed by atoms with Crippen molar-refractivity contribution in [1.82, 2.24) is 14.7 Å². The number of hydrogen-bond acceptors (Lipinski definition) is 4. The molecule has 2 aromatic rings. The normalized spacial score (nSPS) is 17.3. The predicted octanol–water partition coefficient (Wildman–Crippen LogP) is 3.21. The average molecular weight is 391 g/mol. The van der Waals surface area contributed by atoms with Gasteiger partial charge in [0.15, 0.2) is 18.1 Å². The van der Waals surface area contributed by atoms with Crippen LogP contribution in [0.1, 0.15) is 11.9 Å². The van der Waals surface area contributed by atoms with Gasteiger partial charge in [-0.15, -0.1) is 0 Å². The van der Waals surface area contributed by atoms with Gasteiger partial charge in [0.25, 0.3) is 0 Å². The second kappa shape index (κ2) is 7.24. The SMILES string of the molecule is O=CC(N1CCN(c2ccc(F)cc2)CC1)n1cc(Cl)c(C(F)(F)F)n1. The van der Waals surface area contributed by atoms with Crippen molar-refractivity contribution >= 4 is 23.6 Å². The molecule has 1 saturated heterocycles. The summed E-state index contributed by atoms with van der Waals surface area (Å²) in [5.74, 6) is -0.329. The molecule has 1 aromatic heterocycles. The van der Waals surface area contributed by atoms with Gasteiger partial charge in [0, 0.05) is 38.1 Å². The van der Waals surface area contributed by atoms with Crippen molar-refractivity contribution in [3.05, 3.63) is 47.0 Å². The van der Waals surface area contributed by atoms with Gasteiger partial charge < -0.3 is 4.90 Å². The lowest BCUT2D eigenvalue weighted by atomic mass is 10.2. The first-order chi connectivity index (χ1) is 12.3. The lowest BCUT2D eigenvalue weighted by Crippen LogP contribution is -2.49. The lowest BCUT2D eigenvalue weighted by molar-refractivity contribution is -0.142. The molecule has 0 radical (unpaired) electrons. The van der Waals surface area contributed by atoms with Crippen molar-refractivity contribution in [3.8, 4) is 0 Å². The van der Waals surface area contributed by atoms with E-state index in [1.165, 1.54) is 12.1 Å². The molecule has 1 atom stereocenters. The summed E-state index contributed by atoms with van der Waals surface area (Å²) < 4.78 is 52.5. The fourth-order valence-corrected chi connectivity index (χ4v) is 3.15. The predicted molar refractivity (Wildman–Crippen MR) is 87.5 cm³/mol. The Hall–Kier alpha value is -2.13. The molecule has 26 heavy (non-hydrogen) atoms. The second-order valence-electron chi connectivity index (χ2n) is 5.85. The highest BCUT2D eigenvalue weighted by Gasteiger charge is 2.38. The number of piperazine rings is 1. The number of alkyl halides is 3. The molecule has 1 aromatic carbocycles. The van der Waals surface area contributed by atoms with Gasteiger partial charge in [-0.2, -0.15) is 18.3 Å². The number of rotatable bonds is 4. The highest BCUT2D eigenvalue weighted by Crippen LogP contribution is 2.34. The molecule has 1 aliphatic rings. The van der Waals surface area contributed by atoms with E-state index in [4.69, 9.17) is 11.6 Å². The monoisotopic (exact) mass is 390 g/mol. The van der Waals surface area contributed by atoms with Gasteiger partial charge in [-0.25, -0.2) is 9.07 Å². The second-order valence-corrected chi connectivity index (χ2v) is 6.26. The van der Waals surface area contributed by atoms with E-state index in [2.05, 4.69) is 5.10 Å². The fourth-order valence-electron chi connectivity index (χ4n) is 2.91. The molecule has 0 amide bonds. The van der Waals surface area contributed by atoms with Gasteiger partial charge in [0.05, 0.1) is 5.02 Å². The molecule has 2 heterocycles. The van der Waals surface area contributed by atoms with Crippen molar-refractivity contribution < 1.29 is 22.4 Å². The molecular formula is C16H15ClF4N4O. The van der Waals surface area contributed by atoms with Gasteiger partial charge in [-0.05, 0) is 24.3 Å². The third-order valence-electron chi connectivity index (χ3n) is 4.23. The van der Waals surface area contributed by atoms with Crippen LogP contribution in [0.2, 0.25) is 5.02 Å². The highest BCUT2D eigenvalue weighted by atomic mass is 35.5. The molecule has 0 saturated carbocycles. The van der Waals surface area contributed by atoms with E-state index in [1.807, 2.05) is 4.90 Å². The molecule has 0 aliphatic carbocycles. The van der Waals surface area contributed by atoms with E-state index in [0.29, 0.717) is 32.5 Å². The van der Waals surface area contributed by atoms with Gasteiger partial charge in [-0.3, -0.25) is 9.69 Å². The van der Waals surface area contributed by atoms with Crippen LogP contribution in [0.25, 0.3) is 0 Å². The molecule has 0 N–H and O–H groups in total. The Balaban J connectivity index is 1.71. The molecule has 0 bridgehead atoms. The fraction of sp³-hybridized carbons (Fsp3) is 0.375. The highest BCUT2D eigenvalue weighted by molar-refractivity contribution is 6.31. The van der Waals surface area contributed by atoms with E-state index in [0.717, 1.165) is 16.6 Å². The quantitative estimate of drug-likeness (QED) is 0.594. The number of halogens is 5. The summed E-state index contributed by atoms with van der Waals surface area (Å²) >= 11 is 5.61. The molecule has 140 valence electrons. The van der Waals surface area contributed by atoms with Gasteiger partial charge in [0.1, 0.15) is 5.82 Å². The summed E-state index contributed by atoms with van der Waals surface area (Å²) in [5.41, 5.74) is -0.369. The Morgan fingerprint density at radius 3 is 2.23 bits per heavy atom. The number of aldehydes is 1. The molecule has 10 heteroatoms. The molecule has 1 unspecified atom stereocenters. The largest absolute Gasteiger partial charge is 0.436 e. The Kier molecular flexibility index (Phi) is 5.19. The third-order valence-corrected chi connectivity index (χ3v) is 4.51. The van der Waals surface area contributed by atoms with Crippen LogP contribution in [0.5, 0.6) is 0 Å². The topological polar surface area (TPSA) is 41.4 Å². The number of carbonyl (C=O) groups is 1. The van der Waals surface area contributed by atoms with Gasteiger partial charge in [-0.1, -0.05) is 11.6 Å². The standard InChI is InChI=1S/C16H15ClF4N4O/c17-13-9-25(22-15(13)16(19,20)21)14(10-26)24-7-5-23(6-8-24)12-3-1-11(18)2-4-12/h1-4,9-10,14H,5-8H2. The van der Waals surface area contributed by atoms with Crippen molar-refractivity contribution in [2.24, 2.45) is 0 Å². The van der Waals surface area contributed by atoms with Crippen LogP contribution in [0.3, 0.4) is 0 Å². The summed E-state index contributed by atoms with van der Waals surface area (Å²) in [6, 6.07) is 6.04. The van der Waals surface area contributed by atoms with E-state index in [-0.39, 0.29) is 5.82 Å². The van der Waals surface area contributed by atoms with Crippen molar-refractivity contribution in [1.29, 1.82) is 0 Å². The van der Waals surface area contributed by atoms with E-state index >= 15 is 0 Å². The minimum atomic E-state index is -4.68. The molecule has 1 fully saturated rings. The molecule has 5 nitrogen and oxygen atoms in total. The molecule has 3 rings (SSSR count). The first kappa shape index (κ1) is 18.7. The summed E-state index contributed by atoms with van der Waals surface area (Å²) in [7, 11) is 0. The third kappa shape index (κ3) is 3.83. The first-order valence-corrected chi connectivity index (χ1v) is 8.19. The van der Waals surface area contributed by atoms with Crippen LogP contribution < -0.4 is 4.90 Å². The van der Waals surface area contributed by atoms with E-state index < -0.39 is 23.1 Å². The zero-order valence-corrected chi connectivity index (χ0v) is 14.2. The summed E-state index contributed by atoms with van der Waals surface area (Å²) in [5, 5.41) is 2.90. The van der Waals surface area contributed by atoms with E-state index in [9.17, 15) is 22.4 Å². The Labute approximate surface area is 151 Å². The first-order valence-electron chi connectivity index (χ1n) is 7.81. The van der Waals surface area contributed by atoms with Crippen LogP contribution in [0, 0.1) is 5.82 Å². The Morgan fingerprint density at radius 2 is 1.73 bits per heavy atom. The number of carbonyl (C=O) groups excluding carboxylic acids is 1. The van der Waals surface area contributed by atoms with Crippen LogP contribution in [-0.4, -0.2) is 47.1 Å². The van der Waals surface area contributed by atoms with Crippen LogP contribution >= 0.6 is 11.6 Å². The number of benzene rings is 1. The van der Waals surface area contributed by atoms with Gasteiger partial charge in [0.2, 0.25) is 0 Å². The molecule has 0 spiro atoms.